The van der Waals surface area contributed by atoms with Crippen LogP contribution in [0.25, 0.3) is 0 Å². The van der Waals surface area contributed by atoms with E-state index in [0.717, 1.165) is 29.7 Å². The molecule has 0 saturated heterocycles. The van der Waals surface area contributed by atoms with Crippen LogP contribution in [0.2, 0.25) is 5.02 Å². The molecule has 2 atom stereocenters. The molecule has 0 amide bonds. The van der Waals surface area contributed by atoms with E-state index in [1.165, 1.54) is 37.0 Å². The maximum Gasteiger partial charge on any atom is 0.126 e. The Kier molecular flexibility index (Phi) is 7.67. The minimum Gasteiger partial charge on any atom is -0.385 e. The zero-order valence-electron chi connectivity index (χ0n) is 13.6. The van der Waals surface area contributed by atoms with E-state index in [1.807, 2.05) is 24.3 Å². The van der Waals surface area contributed by atoms with Gasteiger partial charge in [-0.15, -0.1) is 0 Å². The first kappa shape index (κ1) is 17.7. The van der Waals surface area contributed by atoms with Crippen molar-refractivity contribution in [2.75, 3.05) is 19.7 Å². The van der Waals surface area contributed by atoms with E-state index in [4.69, 9.17) is 16.3 Å². The van der Waals surface area contributed by atoms with Crippen molar-refractivity contribution in [3.63, 3.8) is 0 Å². The molecule has 1 aliphatic carbocycles. The molecular weight excluding hydrogens is 298 g/mol. The van der Waals surface area contributed by atoms with Gasteiger partial charge in [0, 0.05) is 5.02 Å². The van der Waals surface area contributed by atoms with Crippen molar-refractivity contribution < 1.29 is 14.7 Å². The zero-order chi connectivity index (χ0) is 15.8. The molecule has 1 unspecified atom stereocenters. The van der Waals surface area contributed by atoms with Crippen molar-refractivity contribution in [3.05, 3.63) is 34.9 Å². The van der Waals surface area contributed by atoms with Crippen molar-refractivity contribution in [2.45, 2.75) is 57.8 Å². The van der Waals surface area contributed by atoms with Gasteiger partial charge in [0.15, 0.2) is 0 Å². The van der Waals surface area contributed by atoms with E-state index in [9.17, 15) is 5.11 Å². The molecule has 1 aliphatic rings. The highest BCUT2D eigenvalue weighted by molar-refractivity contribution is 6.30. The number of benzene rings is 1. The highest BCUT2D eigenvalue weighted by atomic mass is 35.5. The summed E-state index contributed by atoms with van der Waals surface area (Å²) in [4.78, 5) is 1.53. The topological polar surface area (TPSA) is 33.9 Å². The standard InChI is InChI=1S/C18H28ClNO2/c1-2-20(17-6-4-3-5-7-17)12-18(21)14-22-13-15-8-10-16(19)11-9-15/h8-11,17-18,21H,2-7,12-14H2,1H3/p+1/t18-/m1/s1. The number of rotatable bonds is 8. The van der Waals surface area contributed by atoms with Gasteiger partial charge in [-0.05, 0) is 50.3 Å². The SMILES string of the molecule is CC[NH+](C[C@@H](O)COCc1ccc(Cl)cc1)C1CCCCC1. The van der Waals surface area contributed by atoms with Gasteiger partial charge in [-0.3, -0.25) is 0 Å². The molecule has 2 N–H and O–H groups in total. The number of nitrogens with one attached hydrogen (secondary N) is 1. The van der Waals surface area contributed by atoms with E-state index in [0.29, 0.717) is 13.2 Å². The highest BCUT2D eigenvalue weighted by Crippen LogP contribution is 2.15. The van der Waals surface area contributed by atoms with Crippen LogP contribution in [0.1, 0.15) is 44.6 Å². The Morgan fingerprint density at radius 1 is 1.23 bits per heavy atom. The second-order valence-electron chi connectivity index (χ2n) is 6.35. The fraction of sp³-hybridized carbons (Fsp3) is 0.667. The molecule has 2 rings (SSSR count). The summed E-state index contributed by atoms with van der Waals surface area (Å²) >= 11 is 5.86. The zero-order valence-corrected chi connectivity index (χ0v) is 14.3. The molecule has 1 fully saturated rings. The molecule has 0 spiro atoms. The lowest BCUT2D eigenvalue weighted by Crippen LogP contribution is -3.16. The Morgan fingerprint density at radius 2 is 1.91 bits per heavy atom. The highest BCUT2D eigenvalue weighted by Gasteiger charge is 2.25. The van der Waals surface area contributed by atoms with Gasteiger partial charge in [0.2, 0.25) is 0 Å². The van der Waals surface area contributed by atoms with Crippen molar-refractivity contribution in [3.8, 4) is 0 Å². The average molecular weight is 327 g/mol. The first-order valence-corrected chi connectivity index (χ1v) is 8.91. The number of hydrogen-bond acceptors (Lipinski definition) is 2. The third kappa shape index (κ3) is 5.88. The third-order valence-electron chi connectivity index (χ3n) is 4.63. The fourth-order valence-corrected chi connectivity index (χ4v) is 3.49. The van der Waals surface area contributed by atoms with Gasteiger partial charge in [0.1, 0.15) is 12.6 Å². The number of likely N-dealkylation sites (N-methyl/N-ethyl adjacent to an activating group) is 1. The molecule has 1 aromatic rings. The lowest BCUT2D eigenvalue weighted by molar-refractivity contribution is -0.928. The molecule has 0 bridgehead atoms. The Hall–Kier alpha value is -0.610. The van der Waals surface area contributed by atoms with Crippen molar-refractivity contribution in [1.82, 2.24) is 0 Å². The summed E-state index contributed by atoms with van der Waals surface area (Å²) in [5, 5.41) is 11.0. The van der Waals surface area contributed by atoms with Gasteiger partial charge >= 0.3 is 0 Å². The predicted molar refractivity (Wildman–Crippen MR) is 90.4 cm³/mol. The third-order valence-corrected chi connectivity index (χ3v) is 4.88. The van der Waals surface area contributed by atoms with Crippen molar-refractivity contribution in [2.24, 2.45) is 0 Å². The minimum atomic E-state index is -0.385. The summed E-state index contributed by atoms with van der Waals surface area (Å²) in [6, 6.07) is 8.37. The smallest absolute Gasteiger partial charge is 0.126 e. The largest absolute Gasteiger partial charge is 0.385 e. The van der Waals surface area contributed by atoms with E-state index in [-0.39, 0.29) is 6.10 Å². The number of halogens is 1. The fourth-order valence-electron chi connectivity index (χ4n) is 3.37. The maximum atomic E-state index is 10.2. The summed E-state index contributed by atoms with van der Waals surface area (Å²) in [6.07, 6.45) is 6.29. The summed E-state index contributed by atoms with van der Waals surface area (Å²) in [7, 11) is 0. The number of aliphatic hydroxyl groups is 1. The normalized spacial score (nSPS) is 19.0. The van der Waals surface area contributed by atoms with Gasteiger partial charge in [0.25, 0.3) is 0 Å². The second kappa shape index (κ2) is 9.51. The molecule has 1 aromatic carbocycles. The summed E-state index contributed by atoms with van der Waals surface area (Å²) < 4.78 is 5.65. The quantitative estimate of drug-likeness (QED) is 0.769. The number of aliphatic hydroxyl groups excluding tert-OH is 1. The molecule has 22 heavy (non-hydrogen) atoms. The monoisotopic (exact) mass is 326 g/mol. The number of hydrogen-bond donors (Lipinski definition) is 2. The molecule has 3 nitrogen and oxygen atoms in total. The summed E-state index contributed by atoms with van der Waals surface area (Å²) in [6.45, 7) is 5.02. The summed E-state index contributed by atoms with van der Waals surface area (Å²) in [5.74, 6) is 0. The Labute approximate surface area is 139 Å². The van der Waals surface area contributed by atoms with E-state index >= 15 is 0 Å². The van der Waals surface area contributed by atoms with Gasteiger partial charge in [-0.25, -0.2) is 0 Å². The molecule has 124 valence electrons. The second-order valence-corrected chi connectivity index (χ2v) is 6.78. The van der Waals surface area contributed by atoms with Gasteiger partial charge in [0.05, 0.1) is 25.8 Å². The lowest BCUT2D eigenvalue weighted by atomic mass is 9.94. The molecule has 4 heteroatoms. The van der Waals surface area contributed by atoms with Crippen LogP contribution in [0.15, 0.2) is 24.3 Å². The van der Waals surface area contributed by atoms with Crippen LogP contribution in [-0.2, 0) is 11.3 Å². The van der Waals surface area contributed by atoms with Crippen LogP contribution in [0.3, 0.4) is 0 Å². The molecule has 0 heterocycles. The molecule has 0 radical (unpaired) electrons. The van der Waals surface area contributed by atoms with Gasteiger partial charge in [-0.1, -0.05) is 30.2 Å². The van der Waals surface area contributed by atoms with Crippen molar-refractivity contribution >= 4 is 11.6 Å². The molecule has 0 aromatic heterocycles. The number of ether oxygens (including phenoxy) is 1. The van der Waals surface area contributed by atoms with E-state index < -0.39 is 0 Å². The predicted octanol–water partition coefficient (Wildman–Crippen LogP) is 2.46. The molecular formula is C18H29ClNO2+. The van der Waals surface area contributed by atoms with Gasteiger partial charge in [-0.2, -0.15) is 0 Å². The van der Waals surface area contributed by atoms with Crippen molar-refractivity contribution in [1.29, 1.82) is 0 Å². The van der Waals surface area contributed by atoms with E-state index in [2.05, 4.69) is 6.92 Å². The number of quaternary nitrogens is 1. The van der Waals surface area contributed by atoms with Crippen LogP contribution in [0, 0.1) is 0 Å². The Bertz CT molecular complexity index is 418. The van der Waals surface area contributed by atoms with Crippen LogP contribution >= 0.6 is 11.6 Å². The lowest BCUT2D eigenvalue weighted by Gasteiger charge is -2.31. The van der Waals surface area contributed by atoms with E-state index in [1.54, 1.807) is 0 Å². The van der Waals surface area contributed by atoms with Gasteiger partial charge < -0.3 is 14.7 Å². The van der Waals surface area contributed by atoms with Crippen LogP contribution < -0.4 is 4.90 Å². The average Bonchev–Trinajstić information content (AvgIpc) is 2.55. The molecule has 0 aliphatic heterocycles. The Balaban J connectivity index is 1.69. The van der Waals surface area contributed by atoms with Crippen LogP contribution in [-0.4, -0.2) is 36.9 Å². The summed E-state index contributed by atoms with van der Waals surface area (Å²) in [5.41, 5.74) is 1.09. The van der Waals surface area contributed by atoms with Crippen LogP contribution in [0.5, 0.6) is 0 Å². The first-order chi connectivity index (χ1) is 10.7. The molecule has 1 saturated carbocycles. The van der Waals surface area contributed by atoms with Crippen LogP contribution in [0.4, 0.5) is 0 Å². The Morgan fingerprint density at radius 3 is 2.55 bits per heavy atom. The minimum absolute atomic E-state index is 0.385. The first-order valence-electron chi connectivity index (χ1n) is 8.54. The maximum absolute atomic E-state index is 10.2.